The molecule has 2 amide bonds. The van der Waals surface area contributed by atoms with E-state index in [0.717, 1.165) is 11.3 Å². The third kappa shape index (κ3) is 4.71. The number of carbonyl (C=O) groups excluding carboxylic acids is 2. The smallest absolute Gasteiger partial charge is 0.252 e. The molecule has 0 aromatic heterocycles. The number of nitrogens with zero attached hydrogens (tertiary/aromatic N) is 2. The van der Waals surface area contributed by atoms with E-state index in [1.54, 1.807) is 12.0 Å². The summed E-state index contributed by atoms with van der Waals surface area (Å²) in [6.45, 7) is 2.68. The minimum atomic E-state index is -0.690. The molecular formula is C21H22FN3O3S. The van der Waals surface area contributed by atoms with E-state index >= 15 is 0 Å². The van der Waals surface area contributed by atoms with Gasteiger partial charge in [-0.1, -0.05) is 12.1 Å². The van der Waals surface area contributed by atoms with E-state index in [0.29, 0.717) is 23.9 Å². The molecule has 6 nitrogen and oxygen atoms in total. The van der Waals surface area contributed by atoms with Gasteiger partial charge in [-0.15, -0.1) is 0 Å². The average Bonchev–Trinajstić information content (AvgIpc) is 2.93. The molecule has 1 fully saturated rings. The Labute approximate surface area is 174 Å². The molecule has 1 aliphatic rings. The zero-order chi connectivity index (χ0) is 21.0. The lowest BCUT2D eigenvalue weighted by Crippen LogP contribution is -2.37. The molecule has 2 aromatic rings. The van der Waals surface area contributed by atoms with Crippen molar-refractivity contribution in [3.05, 3.63) is 59.9 Å². The quantitative estimate of drug-likeness (QED) is 0.704. The SMILES string of the molecule is CCN1C(=O)[C@@H](CC(=O)Nc2ccc(F)cc2)N(Cc2ccc(OC)cc2)C1=S. The Balaban J connectivity index is 1.75. The molecule has 8 heteroatoms. The molecular weight excluding hydrogens is 393 g/mol. The Morgan fingerprint density at radius 1 is 1.17 bits per heavy atom. The number of amides is 2. The second-order valence-electron chi connectivity index (χ2n) is 6.62. The van der Waals surface area contributed by atoms with Crippen LogP contribution in [0.15, 0.2) is 48.5 Å². The van der Waals surface area contributed by atoms with Gasteiger partial charge in [0.05, 0.1) is 13.5 Å². The van der Waals surface area contributed by atoms with Gasteiger partial charge in [-0.3, -0.25) is 14.5 Å². The number of rotatable bonds is 7. The van der Waals surface area contributed by atoms with Gasteiger partial charge in [-0.2, -0.15) is 0 Å². The first-order valence-corrected chi connectivity index (χ1v) is 9.64. The van der Waals surface area contributed by atoms with Gasteiger partial charge >= 0.3 is 0 Å². The molecule has 152 valence electrons. The zero-order valence-electron chi connectivity index (χ0n) is 16.2. The number of ether oxygens (including phenoxy) is 1. The zero-order valence-corrected chi connectivity index (χ0v) is 17.0. The van der Waals surface area contributed by atoms with E-state index < -0.39 is 6.04 Å². The highest BCUT2D eigenvalue weighted by molar-refractivity contribution is 7.80. The number of hydrogen-bond donors (Lipinski definition) is 1. The third-order valence-corrected chi connectivity index (χ3v) is 5.19. The van der Waals surface area contributed by atoms with Gasteiger partial charge in [0.25, 0.3) is 5.91 Å². The summed E-state index contributed by atoms with van der Waals surface area (Å²) in [5, 5.41) is 3.11. The maximum atomic E-state index is 13.0. The highest BCUT2D eigenvalue weighted by Gasteiger charge is 2.42. The monoisotopic (exact) mass is 415 g/mol. The highest BCUT2D eigenvalue weighted by atomic mass is 32.1. The Hall–Kier alpha value is -3.00. The number of hydrogen-bond acceptors (Lipinski definition) is 4. The molecule has 1 saturated heterocycles. The van der Waals surface area contributed by atoms with Crippen molar-refractivity contribution in [2.45, 2.75) is 25.9 Å². The summed E-state index contributed by atoms with van der Waals surface area (Å²) in [5.41, 5.74) is 1.42. The van der Waals surface area contributed by atoms with E-state index in [1.165, 1.54) is 29.2 Å². The summed E-state index contributed by atoms with van der Waals surface area (Å²) in [5.74, 6) is -0.182. The summed E-state index contributed by atoms with van der Waals surface area (Å²) in [4.78, 5) is 28.6. The molecule has 3 rings (SSSR count). The molecule has 0 saturated carbocycles. The van der Waals surface area contributed by atoms with Gasteiger partial charge in [0.15, 0.2) is 5.11 Å². The molecule has 1 atom stereocenters. The fourth-order valence-corrected chi connectivity index (χ4v) is 3.62. The number of halogens is 1. The molecule has 0 bridgehead atoms. The largest absolute Gasteiger partial charge is 0.497 e. The van der Waals surface area contributed by atoms with Crippen LogP contribution in [0, 0.1) is 5.82 Å². The maximum absolute atomic E-state index is 13.0. The number of methoxy groups -OCH3 is 1. The molecule has 0 aliphatic carbocycles. The van der Waals surface area contributed by atoms with Crippen molar-refractivity contribution >= 4 is 34.8 Å². The Morgan fingerprint density at radius 3 is 2.41 bits per heavy atom. The number of likely N-dealkylation sites (N-methyl/N-ethyl adjacent to an activating group) is 1. The molecule has 1 aliphatic heterocycles. The van der Waals surface area contributed by atoms with Crippen LogP contribution in [0.2, 0.25) is 0 Å². The number of benzene rings is 2. The first-order chi connectivity index (χ1) is 13.9. The number of anilines is 1. The van der Waals surface area contributed by atoms with E-state index in [4.69, 9.17) is 17.0 Å². The van der Waals surface area contributed by atoms with Gasteiger partial charge in [0.2, 0.25) is 5.91 Å². The van der Waals surface area contributed by atoms with Crippen molar-refractivity contribution in [3.63, 3.8) is 0 Å². The van der Waals surface area contributed by atoms with E-state index in [9.17, 15) is 14.0 Å². The highest BCUT2D eigenvalue weighted by Crippen LogP contribution is 2.24. The lowest BCUT2D eigenvalue weighted by Gasteiger charge is -2.24. The summed E-state index contributed by atoms with van der Waals surface area (Å²) in [7, 11) is 1.60. The minimum Gasteiger partial charge on any atom is -0.497 e. The Morgan fingerprint density at radius 2 is 1.83 bits per heavy atom. The predicted molar refractivity (Wildman–Crippen MR) is 112 cm³/mol. The standard InChI is InChI=1S/C21H22FN3O3S/c1-3-24-20(27)18(12-19(26)23-16-8-6-15(22)7-9-16)25(21(24)29)13-14-4-10-17(28-2)11-5-14/h4-11,18H,3,12-13H2,1-2H3,(H,23,26)/t18-/m1/s1. The van der Waals surface area contributed by atoms with Crippen LogP contribution in [0.25, 0.3) is 0 Å². The third-order valence-electron chi connectivity index (χ3n) is 4.74. The van der Waals surface area contributed by atoms with E-state index in [-0.39, 0.29) is 24.1 Å². The predicted octanol–water partition coefficient (Wildman–Crippen LogP) is 3.18. The number of nitrogens with one attached hydrogen (secondary N) is 1. The van der Waals surface area contributed by atoms with Gasteiger partial charge < -0.3 is 15.0 Å². The van der Waals surface area contributed by atoms with Crippen LogP contribution < -0.4 is 10.1 Å². The van der Waals surface area contributed by atoms with Crippen molar-refractivity contribution in [1.29, 1.82) is 0 Å². The van der Waals surface area contributed by atoms with Crippen molar-refractivity contribution in [3.8, 4) is 5.75 Å². The summed E-state index contributed by atoms with van der Waals surface area (Å²) in [6, 6.07) is 12.3. The van der Waals surface area contributed by atoms with Crippen molar-refractivity contribution < 1.29 is 18.7 Å². The van der Waals surface area contributed by atoms with Crippen molar-refractivity contribution in [1.82, 2.24) is 9.80 Å². The number of carbonyl (C=O) groups is 2. The normalized spacial score (nSPS) is 16.3. The van der Waals surface area contributed by atoms with Gasteiger partial charge in [0, 0.05) is 18.8 Å². The lowest BCUT2D eigenvalue weighted by atomic mass is 10.1. The van der Waals surface area contributed by atoms with Crippen molar-refractivity contribution in [2.24, 2.45) is 0 Å². The van der Waals surface area contributed by atoms with Crippen LogP contribution in [-0.4, -0.2) is 46.4 Å². The van der Waals surface area contributed by atoms with Crippen LogP contribution in [0.1, 0.15) is 18.9 Å². The van der Waals surface area contributed by atoms with Crippen molar-refractivity contribution in [2.75, 3.05) is 19.0 Å². The molecule has 0 spiro atoms. The molecule has 29 heavy (non-hydrogen) atoms. The van der Waals surface area contributed by atoms with Crippen LogP contribution >= 0.6 is 12.2 Å². The lowest BCUT2D eigenvalue weighted by molar-refractivity contribution is -0.130. The molecule has 1 N–H and O–H groups in total. The topological polar surface area (TPSA) is 61.9 Å². The molecule has 1 heterocycles. The van der Waals surface area contributed by atoms with E-state index in [1.807, 2.05) is 31.2 Å². The first-order valence-electron chi connectivity index (χ1n) is 9.23. The number of thiocarbonyl (C=S) groups is 1. The summed E-state index contributed by atoms with van der Waals surface area (Å²) in [6.07, 6.45) is -0.0526. The van der Waals surface area contributed by atoms with Crippen LogP contribution in [0.5, 0.6) is 5.75 Å². The minimum absolute atomic E-state index is 0.0526. The Kier molecular flexibility index (Phi) is 6.43. The summed E-state index contributed by atoms with van der Waals surface area (Å²) >= 11 is 5.49. The second-order valence-corrected chi connectivity index (χ2v) is 6.98. The molecule has 0 radical (unpaired) electrons. The van der Waals surface area contributed by atoms with Crippen LogP contribution in [0.4, 0.5) is 10.1 Å². The maximum Gasteiger partial charge on any atom is 0.252 e. The summed E-state index contributed by atoms with van der Waals surface area (Å²) < 4.78 is 18.2. The average molecular weight is 415 g/mol. The van der Waals surface area contributed by atoms with E-state index in [2.05, 4.69) is 5.32 Å². The van der Waals surface area contributed by atoms with Crippen LogP contribution in [0.3, 0.4) is 0 Å². The fourth-order valence-electron chi connectivity index (χ4n) is 3.21. The second kappa shape index (κ2) is 9.00. The van der Waals surface area contributed by atoms with Gasteiger partial charge in [-0.25, -0.2) is 4.39 Å². The van der Waals surface area contributed by atoms with Gasteiger partial charge in [0.1, 0.15) is 17.6 Å². The molecule has 2 aromatic carbocycles. The molecule has 0 unspecified atom stereocenters. The first kappa shape index (κ1) is 20.7. The van der Waals surface area contributed by atoms with Crippen LogP contribution in [-0.2, 0) is 16.1 Å². The Bertz CT molecular complexity index is 902. The van der Waals surface area contributed by atoms with Gasteiger partial charge in [-0.05, 0) is 61.1 Å². The fraction of sp³-hybridized carbons (Fsp3) is 0.286.